The summed E-state index contributed by atoms with van der Waals surface area (Å²) in [5.41, 5.74) is -0.0491. The highest BCUT2D eigenvalue weighted by atomic mass is 16.6. The molecule has 0 aliphatic heterocycles. The van der Waals surface area contributed by atoms with Crippen LogP contribution in [0.1, 0.15) is 51.2 Å². The van der Waals surface area contributed by atoms with Crippen molar-refractivity contribution in [1.29, 1.82) is 5.26 Å². The van der Waals surface area contributed by atoms with Gasteiger partial charge in [0.2, 0.25) is 17.5 Å². The van der Waals surface area contributed by atoms with E-state index in [0.717, 1.165) is 0 Å². The van der Waals surface area contributed by atoms with Crippen LogP contribution >= 0.6 is 0 Å². The minimum atomic E-state index is -1.33. The largest absolute Gasteiger partial charge is 0.493 e. The quantitative estimate of drug-likeness (QED) is 0.213. The fraction of sp³-hybridized carbons (Fsp3) is 0.552. The van der Waals surface area contributed by atoms with Gasteiger partial charge in [0.1, 0.15) is 6.10 Å². The van der Waals surface area contributed by atoms with E-state index in [0.29, 0.717) is 59.5 Å². The summed E-state index contributed by atoms with van der Waals surface area (Å²) in [6.07, 6.45) is -0.904. The molecule has 11 nitrogen and oxygen atoms in total. The van der Waals surface area contributed by atoms with Gasteiger partial charge in [0, 0.05) is 16.9 Å². The fourth-order valence-corrected chi connectivity index (χ4v) is 4.77. The lowest BCUT2D eigenvalue weighted by Gasteiger charge is -2.31. The Kier molecular flexibility index (Phi) is 12.1. The third kappa shape index (κ3) is 6.99. The molecule has 0 saturated heterocycles. The highest BCUT2D eigenvalue weighted by molar-refractivity contribution is 5.65. The number of aliphatic hydroxyl groups is 1. The maximum atomic E-state index is 12.0. The molecule has 0 saturated carbocycles. The molecule has 3 atom stereocenters. The summed E-state index contributed by atoms with van der Waals surface area (Å²) in [7, 11) is 5.94. The molecule has 0 aliphatic rings. The number of hydrogen-bond acceptors (Lipinski definition) is 10. The molecule has 0 aromatic heterocycles. The van der Waals surface area contributed by atoms with Crippen LogP contribution in [0.2, 0.25) is 0 Å². The maximum Gasteiger partial charge on any atom is 0.242 e. The van der Waals surface area contributed by atoms with Crippen molar-refractivity contribution in [3.63, 3.8) is 0 Å². The van der Waals surface area contributed by atoms with Crippen LogP contribution in [0.25, 0.3) is 0 Å². The molecule has 2 aromatic carbocycles. The molecule has 220 valence electrons. The normalized spacial score (nSPS) is 13.8. The lowest BCUT2D eigenvalue weighted by Crippen LogP contribution is -2.37. The highest BCUT2D eigenvalue weighted by Crippen LogP contribution is 2.52. The second-order valence-electron chi connectivity index (χ2n) is 9.08. The van der Waals surface area contributed by atoms with Crippen molar-refractivity contribution in [2.45, 2.75) is 64.0 Å². The topological polar surface area (TPSA) is 143 Å². The predicted octanol–water partition coefficient (Wildman–Crippen LogP) is 4.72. The minimum absolute atomic E-state index is 0.00971. The zero-order valence-corrected chi connectivity index (χ0v) is 24.3. The number of methoxy groups -OCH3 is 4. The molecule has 0 fully saturated rings. The minimum Gasteiger partial charge on any atom is -0.493 e. The van der Waals surface area contributed by atoms with E-state index in [-0.39, 0.29) is 25.0 Å². The van der Waals surface area contributed by atoms with Crippen LogP contribution in [0.3, 0.4) is 0 Å². The third-order valence-electron chi connectivity index (χ3n) is 6.96. The van der Waals surface area contributed by atoms with Crippen molar-refractivity contribution in [3.05, 3.63) is 45.5 Å². The van der Waals surface area contributed by atoms with Crippen molar-refractivity contribution >= 4 is 0 Å². The van der Waals surface area contributed by atoms with Gasteiger partial charge in [-0.15, -0.1) is 0 Å². The van der Waals surface area contributed by atoms with Crippen LogP contribution in [0.15, 0.2) is 24.3 Å². The van der Waals surface area contributed by atoms with E-state index in [2.05, 4.69) is 6.07 Å². The number of hydrogen-bond donors (Lipinski definition) is 1. The first-order chi connectivity index (χ1) is 19.2. The van der Waals surface area contributed by atoms with Gasteiger partial charge in [0.05, 0.1) is 53.1 Å². The van der Waals surface area contributed by atoms with E-state index in [1.165, 1.54) is 28.4 Å². The number of nitriles is 1. The summed E-state index contributed by atoms with van der Waals surface area (Å²) in [4.78, 5) is 11.5. The summed E-state index contributed by atoms with van der Waals surface area (Å²) >= 11 is 0. The zero-order chi connectivity index (χ0) is 29.9. The first kappa shape index (κ1) is 32.3. The Morgan fingerprint density at radius 3 is 2.08 bits per heavy atom. The highest BCUT2D eigenvalue weighted by Gasteiger charge is 2.40. The number of nitro groups is 1. The van der Waals surface area contributed by atoms with Crippen LogP contribution in [0.4, 0.5) is 0 Å². The molecule has 0 amide bonds. The Bertz CT molecular complexity index is 1180. The Balaban J connectivity index is 2.47. The molecule has 1 N–H and O–H groups in total. The third-order valence-corrected chi connectivity index (χ3v) is 6.96. The summed E-state index contributed by atoms with van der Waals surface area (Å²) in [5.74, 6) is 2.27. The second kappa shape index (κ2) is 15.0. The van der Waals surface area contributed by atoms with Crippen molar-refractivity contribution < 1.29 is 38.5 Å². The SMILES string of the molecule is CCOc1cc(C(C#N)(CC)CCC(O)C(Cc2ccc(OC)c(OC)c2)[N+](=O)[O-])c(OCC)c(OC)c1OC. The van der Waals surface area contributed by atoms with E-state index in [1.807, 2.05) is 20.8 Å². The predicted molar refractivity (Wildman–Crippen MR) is 149 cm³/mol. The van der Waals surface area contributed by atoms with Crippen LogP contribution in [0.5, 0.6) is 34.5 Å². The fourth-order valence-electron chi connectivity index (χ4n) is 4.77. The summed E-state index contributed by atoms with van der Waals surface area (Å²) < 4.78 is 33.5. The summed E-state index contributed by atoms with van der Waals surface area (Å²) in [6.45, 7) is 6.12. The van der Waals surface area contributed by atoms with Gasteiger partial charge in [-0.1, -0.05) is 13.0 Å². The molecular formula is C29H40N2O9. The standard InChI is InChI=1S/C29H40N2O9/c1-8-29(18-30,20-17-25(39-9-2)27(37-6)28(38-7)26(20)40-10-3)14-13-22(32)21(31(33)34)15-19-11-12-23(35-4)24(16-19)36-5/h11-12,16-17,21-22,32H,8-10,13-15H2,1-7H3. The zero-order valence-electron chi connectivity index (χ0n) is 24.3. The van der Waals surface area contributed by atoms with E-state index in [4.69, 9.17) is 28.4 Å². The average Bonchev–Trinajstić information content (AvgIpc) is 2.96. The Morgan fingerprint density at radius 2 is 1.57 bits per heavy atom. The Hall–Kier alpha value is -3.91. The molecule has 11 heteroatoms. The average molecular weight is 561 g/mol. The van der Waals surface area contributed by atoms with E-state index >= 15 is 0 Å². The van der Waals surface area contributed by atoms with Gasteiger partial charge in [0.15, 0.2) is 23.0 Å². The van der Waals surface area contributed by atoms with Crippen molar-refractivity contribution in [2.75, 3.05) is 41.7 Å². The molecular weight excluding hydrogens is 520 g/mol. The van der Waals surface area contributed by atoms with Crippen molar-refractivity contribution in [3.8, 4) is 40.6 Å². The van der Waals surface area contributed by atoms with E-state index in [1.54, 1.807) is 24.3 Å². The van der Waals surface area contributed by atoms with Gasteiger partial charge in [-0.2, -0.15) is 5.26 Å². The molecule has 0 heterocycles. The van der Waals surface area contributed by atoms with Crippen molar-refractivity contribution in [2.24, 2.45) is 0 Å². The molecule has 2 rings (SSSR count). The second-order valence-corrected chi connectivity index (χ2v) is 9.08. The van der Waals surface area contributed by atoms with Gasteiger partial charge >= 0.3 is 0 Å². The van der Waals surface area contributed by atoms with Crippen LogP contribution in [-0.4, -0.2) is 63.8 Å². The Labute approximate surface area is 235 Å². The number of aliphatic hydroxyl groups excluding tert-OH is 1. The van der Waals surface area contributed by atoms with Crippen LogP contribution < -0.4 is 28.4 Å². The smallest absolute Gasteiger partial charge is 0.242 e. The molecule has 0 bridgehead atoms. The molecule has 0 aliphatic carbocycles. The summed E-state index contributed by atoms with van der Waals surface area (Å²) in [6, 6.07) is 7.81. The lowest BCUT2D eigenvalue weighted by atomic mass is 9.74. The van der Waals surface area contributed by atoms with Gasteiger partial charge in [-0.3, -0.25) is 10.1 Å². The number of benzene rings is 2. The van der Waals surface area contributed by atoms with Gasteiger partial charge in [-0.25, -0.2) is 0 Å². The maximum absolute atomic E-state index is 12.0. The molecule has 3 unspecified atom stereocenters. The van der Waals surface area contributed by atoms with Gasteiger partial charge in [-0.05, 0) is 56.9 Å². The monoisotopic (exact) mass is 560 g/mol. The first-order valence-corrected chi connectivity index (χ1v) is 13.2. The molecule has 40 heavy (non-hydrogen) atoms. The molecule has 2 aromatic rings. The number of ether oxygens (including phenoxy) is 6. The van der Waals surface area contributed by atoms with Gasteiger partial charge in [0.25, 0.3) is 0 Å². The number of rotatable bonds is 17. The lowest BCUT2D eigenvalue weighted by molar-refractivity contribution is -0.534. The summed E-state index contributed by atoms with van der Waals surface area (Å²) in [5, 5.41) is 33.6. The van der Waals surface area contributed by atoms with Crippen LogP contribution in [0, 0.1) is 21.4 Å². The van der Waals surface area contributed by atoms with E-state index < -0.39 is 22.5 Å². The Morgan fingerprint density at radius 1 is 0.925 bits per heavy atom. The van der Waals surface area contributed by atoms with Gasteiger partial charge < -0.3 is 33.5 Å². The van der Waals surface area contributed by atoms with Crippen LogP contribution in [-0.2, 0) is 11.8 Å². The molecule has 0 spiro atoms. The van der Waals surface area contributed by atoms with E-state index in [9.17, 15) is 20.5 Å². The number of nitrogens with zero attached hydrogens (tertiary/aromatic N) is 2. The first-order valence-electron chi connectivity index (χ1n) is 13.2. The van der Waals surface area contributed by atoms with Crippen molar-refractivity contribution in [1.82, 2.24) is 0 Å². The molecule has 0 radical (unpaired) electrons.